The molecule has 3 nitrogen and oxygen atoms in total. The number of aromatic nitrogens is 2. The molecule has 0 spiro atoms. The molecule has 1 aromatic carbocycles. The highest BCUT2D eigenvalue weighted by atomic mass is 35.5. The lowest BCUT2D eigenvalue weighted by atomic mass is 10.0. The van der Waals surface area contributed by atoms with Crippen LogP contribution in [0, 0.1) is 0 Å². The van der Waals surface area contributed by atoms with Crippen molar-refractivity contribution < 1.29 is 0 Å². The van der Waals surface area contributed by atoms with Gasteiger partial charge in [0, 0.05) is 28.9 Å². The van der Waals surface area contributed by atoms with Crippen LogP contribution >= 0.6 is 12.4 Å². The lowest BCUT2D eigenvalue weighted by Crippen LogP contribution is -2.03. The van der Waals surface area contributed by atoms with E-state index in [1.807, 2.05) is 18.3 Å². The molecular weight excluding hydrogens is 258 g/mol. The third-order valence-corrected chi connectivity index (χ3v) is 3.16. The maximum Gasteiger partial charge on any atom is 0.0513 e. The van der Waals surface area contributed by atoms with Crippen molar-refractivity contribution in [3.05, 3.63) is 54.4 Å². The fourth-order valence-electron chi connectivity index (χ4n) is 2.36. The van der Waals surface area contributed by atoms with Crippen molar-refractivity contribution in [2.75, 3.05) is 6.54 Å². The Morgan fingerprint density at radius 2 is 1.95 bits per heavy atom. The van der Waals surface area contributed by atoms with Gasteiger partial charge in [-0.1, -0.05) is 18.2 Å². The predicted octanol–water partition coefficient (Wildman–Crippen LogP) is 3.15. The number of rotatable bonds is 3. The average Bonchev–Trinajstić information content (AvgIpc) is 2.80. The van der Waals surface area contributed by atoms with Crippen molar-refractivity contribution in [1.29, 1.82) is 0 Å². The fraction of sp³-hybridized carbons (Fsp3) is 0.133. The highest BCUT2D eigenvalue weighted by Gasteiger charge is 2.11. The van der Waals surface area contributed by atoms with Crippen molar-refractivity contribution in [1.82, 2.24) is 9.97 Å². The second-order valence-corrected chi connectivity index (χ2v) is 4.30. The van der Waals surface area contributed by atoms with E-state index in [-0.39, 0.29) is 12.4 Å². The first-order chi connectivity index (χ1) is 8.90. The van der Waals surface area contributed by atoms with Gasteiger partial charge >= 0.3 is 0 Å². The van der Waals surface area contributed by atoms with Gasteiger partial charge in [-0.15, -0.1) is 12.4 Å². The summed E-state index contributed by atoms with van der Waals surface area (Å²) in [5.41, 5.74) is 10.4. The fourth-order valence-corrected chi connectivity index (χ4v) is 2.36. The third-order valence-electron chi connectivity index (χ3n) is 3.16. The SMILES string of the molecule is Cl.NCCc1c(-c2cccnc2)[nH]c2ccccc12. The molecule has 0 amide bonds. The van der Waals surface area contributed by atoms with Crippen LogP contribution < -0.4 is 5.73 Å². The monoisotopic (exact) mass is 273 g/mol. The van der Waals surface area contributed by atoms with Crippen molar-refractivity contribution in [3.63, 3.8) is 0 Å². The molecule has 0 aliphatic carbocycles. The van der Waals surface area contributed by atoms with E-state index in [1.165, 1.54) is 10.9 Å². The summed E-state index contributed by atoms with van der Waals surface area (Å²) >= 11 is 0. The molecule has 0 unspecified atom stereocenters. The minimum atomic E-state index is 0. The number of nitrogens with zero attached hydrogens (tertiary/aromatic N) is 1. The Bertz CT molecular complexity index is 661. The van der Waals surface area contributed by atoms with E-state index in [4.69, 9.17) is 5.73 Å². The Morgan fingerprint density at radius 3 is 2.68 bits per heavy atom. The molecule has 19 heavy (non-hydrogen) atoms. The molecule has 4 heteroatoms. The molecule has 3 aromatic rings. The van der Waals surface area contributed by atoms with Crippen molar-refractivity contribution in [2.45, 2.75) is 6.42 Å². The van der Waals surface area contributed by atoms with Gasteiger partial charge in [0.2, 0.25) is 0 Å². The van der Waals surface area contributed by atoms with Crippen LogP contribution in [0.5, 0.6) is 0 Å². The quantitative estimate of drug-likeness (QED) is 0.770. The summed E-state index contributed by atoms with van der Waals surface area (Å²) in [4.78, 5) is 7.65. The molecule has 3 rings (SSSR count). The number of benzene rings is 1. The third kappa shape index (κ3) is 2.48. The smallest absolute Gasteiger partial charge is 0.0513 e. The molecule has 98 valence electrons. The molecule has 0 radical (unpaired) electrons. The minimum absolute atomic E-state index is 0. The molecule has 3 N–H and O–H groups in total. The molecule has 0 aliphatic rings. The molecule has 0 aliphatic heterocycles. The van der Waals surface area contributed by atoms with E-state index >= 15 is 0 Å². The highest BCUT2D eigenvalue weighted by molar-refractivity contribution is 5.90. The lowest BCUT2D eigenvalue weighted by Gasteiger charge is -2.03. The maximum atomic E-state index is 5.73. The Hall–Kier alpha value is -1.84. The Balaban J connectivity index is 0.00000133. The van der Waals surface area contributed by atoms with Gasteiger partial charge in [0.05, 0.1) is 5.69 Å². The van der Waals surface area contributed by atoms with Gasteiger partial charge in [0.1, 0.15) is 0 Å². The van der Waals surface area contributed by atoms with Crippen molar-refractivity contribution in [2.24, 2.45) is 5.73 Å². The molecule has 2 heterocycles. The van der Waals surface area contributed by atoms with Crippen LogP contribution in [0.3, 0.4) is 0 Å². The zero-order valence-electron chi connectivity index (χ0n) is 10.5. The van der Waals surface area contributed by atoms with Crippen LogP contribution in [0.2, 0.25) is 0 Å². The summed E-state index contributed by atoms with van der Waals surface area (Å²) in [6, 6.07) is 12.3. The predicted molar refractivity (Wildman–Crippen MR) is 81.5 cm³/mol. The number of hydrogen-bond acceptors (Lipinski definition) is 2. The van der Waals surface area contributed by atoms with E-state index in [2.05, 4.69) is 34.2 Å². The number of para-hydroxylation sites is 1. The first-order valence-corrected chi connectivity index (χ1v) is 6.10. The topological polar surface area (TPSA) is 54.7 Å². The van der Waals surface area contributed by atoms with Crippen LogP contribution in [-0.4, -0.2) is 16.5 Å². The first-order valence-electron chi connectivity index (χ1n) is 6.10. The molecule has 0 atom stereocenters. The van der Waals surface area contributed by atoms with E-state index in [0.717, 1.165) is 23.2 Å². The summed E-state index contributed by atoms with van der Waals surface area (Å²) in [7, 11) is 0. The van der Waals surface area contributed by atoms with Gasteiger partial charge in [-0.3, -0.25) is 4.98 Å². The number of pyridine rings is 1. The van der Waals surface area contributed by atoms with Gasteiger partial charge in [0.25, 0.3) is 0 Å². The standard InChI is InChI=1S/C15H15N3.ClH/c16-8-7-13-12-5-1-2-6-14(12)18-15(13)11-4-3-9-17-10-11;/h1-6,9-10,18H,7-8,16H2;1H. The maximum absolute atomic E-state index is 5.73. The zero-order chi connectivity index (χ0) is 12.4. The number of fused-ring (bicyclic) bond motifs is 1. The number of nitrogens with two attached hydrogens (primary N) is 1. The number of hydrogen-bond donors (Lipinski definition) is 2. The molecule has 0 saturated carbocycles. The van der Waals surface area contributed by atoms with Crippen molar-refractivity contribution >= 4 is 23.3 Å². The average molecular weight is 274 g/mol. The highest BCUT2D eigenvalue weighted by Crippen LogP contribution is 2.29. The molecule has 0 bridgehead atoms. The summed E-state index contributed by atoms with van der Waals surface area (Å²) < 4.78 is 0. The van der Waals surface area contributed by atoms with Crippen LogP contribution in [-0.2, 0) is 6.42 Å². The largest absolute Gasteiger partial charge is 0.354 e. The normalized spacial score (nSPS) is 10.4. The number of aromatic amines is 1. The Labute approximate surface area is 118 Å². The summed E-state index contributed by atoms with van der Waals surface area (Å²) in [6.07, 6.45) is 4.54. The van der Waals surface area contributed by atoms with Crippen LogP contribution in [0.1, 0.15) is 5.56 Å². The van der Waals surface area contributed by atoms with Crippen LogP contribution in [0.4, 0.5) is 0 Å². The van der Waals surface area contributed by atoms with E-state index in [1.54, 1.807) is 6.20 Å². The Kier molecular flexibility index (Phi) is 4.20. The van der Waals surface area contributed by atoms with E-state index in [9.17, 15) is 0 Å². The first kappa shape index (κ1) is 13.6. The van der Waals surface area contributed by atoms with Gasteiger partial charge in [-0.05, 0) is 36.7 Å². The molecule has 0 saturated heterocycles. The number of halogens is 1. The molecule has 2 aromatic heterocycles. The van der Waals surface area contributed by atoms with Crippen LogP contribution in [0.15, 0.2) is 48.8 Å². The van der Waals surface area contributed by atoms with Gasteiger partial charge in [-0.25, -0.2) is 0 Å². The van der Waals surface area contributed by atoms with Gasteiger partial charge < -0.3 is 10.7 Å². The summed E-state index contributed by atoms with van der Waals surface area (Å²) in [6.45, 7) is 0.648. The Morgan fingerprint density at radius 1 is 1.11 bits per heavy atom. The number of nitrogens with one attached hydrogen (secondary N) is 1. The molecular formula is C15H16ClN3. The van der Waals surface area contributed by atoms with E-state index < -0.39 is 0 Å². The zero-order valence-corrected chi connectivity index (χ0v) is 11.3. The van der Waals surface area contributed by atoms with Crippen LogP contribution in [0.25, 0.3) is 22.2 Å². The second kappa shape index (κ2) is 5.87. The lowest BCUT2D eigenvalue weighted by molar-refractivity contribution is 0.978. The summed E-state index contributed by atoms with van der Waals surface area (Å²) in [5.74, 6) is 0. The second-order valence-electron chi connectivity index (χ2n) is 4.30. The van der Waals surface area contributed by atoms with Gasteiger partial charge in [0.15, 0.2) is 0 Å². The summed E-state index contributed by atoms with van der Waals surface area (Å²) in [5, 5.41) is 1.25. The molecule has 0 fully saturated rings. The van der Waals surface area contributed by atoms with Crippen molar-refractivity contribution in [3.8, 4) is 11.3 Å². The number of H-pyrrole nitrogens is 1. The van der Waals surface area contributed by atoms with E-state index in [0.29, 0.717) is 6.54 Å². The van der Waals surface area contributed by atoms with Gasteiger partial charge in [-0.2, -0.15) is 0 Å². The minimum Gasteiger partial charge on any atom is -0.354 e.